The average Bonchev–Trinajstić information content (AvgIpc) is 2.35. The molecule has 4 nitrogen and oxygen atoms in total. The van der Waals surface area contributed by atoms with E-state index in [0.717, 1.165) is 32.7 Å². The topological polar surface area (TPSA) is 40.6 Å². The molecule has 0 bridgehead atoms. The van der Waals surface area contributed by atoms with Gasteiger partial charge in [-0.25, -0.2) is 0 Å². The Morgan fingerprint density at radius 2 is 1.53 bits per heavy atom. The van der Waals surface area contributed by atoms with E-state index >= 15 is 0 Å². The zero-order valence-corrected chi connectivity index (χ0v) is 12.8. The summed E-state index contributed by atoms with van der Waals surface area (Å²) in [7, 11) is 0. The van der Waals surface area contributed by atoms with Gasteiger partial charge in [0.1, 0.15) is 5.78 Å². The molecule has 1 fully saturated rings. The molecule has 0 N–H and O–H groups in total. The highest BCUT2D eigenvalue weighted by Crippen LogP contribution is 2.09. The summed E-state index contributed by atoms with van der Waals surface area (Å²) in [5.74, 6) is 1.03. The Morgan fingerprint density at radius 3 is 2.00 bits per heavy atom. The van der Waals surface area contributed by atoms with Crippen molar-refractivity contribution in [3.05, 3.63) is 0 Å². The van der Waals surface area contributed by atoms with Crippen molar-refractivity contribution in [2.24, 2.45) is 11.8 Å². The summed E-state index contributed by atoms with van der Waals surface area (Å²) in [6.07, 6.45) is 0.768. The van der Waals surface area contributed by atoms with Gasteiger partial charge < -0.3 is 4.90 Å². The van der Waals surface area contributed by atoms with Crippen LogP contribution in [0.25, 0.3) is 0 Å². The van der Waals surface area contributed by atoms with Gasteiger partial charge in [0, 0.05) is 51.5 Å². The molecule has 1 heterocycles. The van der Waals surface area contributed by atoms with Gasteiger partial charge >= 0.3 is 0 Å². The summed E-state index contributed by atoms with van der Waals surface area (Å²) in [6, 6.07) is 0. The number of nitrogens with zero attached hydrogens (tertiary/aromatic N) is 2. The summed E-state index contributed by atoms with van der Waals surface area (Å²) in [5.41, 5.74) is 0. The van der Waals surface area contributed by atoms with Crippen molar-refractivity contribution in [3.63, 3.8) is 0 Å². The van der Waals surface area contributed by atoms with Crippen molar-refractivity contribution in [2.45, 2.75) is 40.5 Å². The van der Waals surface area contributed by atoms with Crippen LogP contribution in [-0.2, 0) is 9.59 Å². The third kappa shape index (κ3) is 5.72. The first-order valence-electron chi connectivity index (χ1n) is 7.43. The van der Waals surface area contributed by atoms with Crippen LogP contribution in [-0.4, -0.2) is 54.2 Å². The average molecular weight is 268 g/mol. The molecular weight excluding hydrogens is 240 g/mol. The zero-order chi connectivity index (χ0) is 14.4. The van der Waals surface area contributed by atoms with E-state index in [0.29, 0.717) is 18.8 Å². The van der Waals surface area contributed by atoms with Crippen molar-refractivity contribution in [2.75, 3.05) is 32.7 Å². The van der Waals surface area contributed by atoms with E-state index in [4.69, 9.17) is 0 Å². The van der Waals surface area contributed by atoms with Crippen LogP contribution in [0.1, 0.15) is 40.5 Å². The number of Topliss-reactive ketones (excluding diaryl/α,β-unsaturated/α-hetero) is 1. The van der Waals surface area contributed by atoms with E-state index in [1.165, 1.54) is 0 Å². The molecule has 0 saturated carbocycles. The molecule has 0 aromatic carbocycles. The first-order chi connectivity index (χ1) is 8.90. The van der Waals surface area contributed by atoms with Crippen LogP contribution in [0.4, 0.5) is 0 Å². The molecule has 19 heavy (non-hydrogen) atoms. The van der Waals surface area contributed by atoms with Crippen LogP contribution in [0.3, 0.4) is 0 Å². The van der Waals surface area contributed by atoms with Gasteiger partial charge in [0.25, 0.3) is 0 Å². The minimum absolute atomic E-state index is 0.0377. The van der Waals surface area contributed by atoms with Gasteiger partial charge in [-0.1, -0.05) is 27.7 Å². The lowest BCUT2D eigenvalue weighted by Crippen LogP contribution is -2.49. The van der Waals surface area contributed by atoms with E-state index in [2.05, 4.69) is 18.7 Å². The molecule has 0 atom stereocenters. The van der Waals surface area contributed by atoms with Gasteiger partial charge in [0.05, 0.1) is 0 Å². The van der Waals surface area contributed by atoms with Gasteiger partial charge in [-0.15, -0.1) is 0 Å². The van der Waals surface area contributed by atoms with Gasteiger partial charge in [0.2, 0.25) is 5.91 Å². The molecule has 0 aromatic rings. The molecule has 1 aliphatic rings. The minimum atomic E-state index is 0.0377. The first-order valence-corrected chi connectivity index (χ1v) is 7.43. The third-order valence-electron chi connectivity index (χ3n) is 3.58. The Bertz CT molecular complexity index is 305. The third-order valence-corrected chi connectivity index (χ3v) is 3.58. The largest absolute Gasteiger partial charge is 0.340 e. The monoisotopic (exact) mass is 268 g/mol. The number of piperazine rings is 1. The lowest BCUT2D eigenvalue weighted by atomic mass is 10.0. The summed E-state index contributed by atoms with van der Waals surface area (Å²) < 4.78 is 0. The molecule has 1 aliphatic heterocycles. The van der Waals surface area contributed by atoms with Gasteiger partial charge in [-0.3, -0.25) is 14.5 Å². The number of hydrogen-bond acceptors (Lipinski definition) is 3. The predicted octanol–water partition coefficient (Wildman–Crippen LogP) is 1.79. The fourth-order valence-electron chi connectivity index (χ4n) is 2.37. The highest BCUT2D eigenvalue weighted by atomic mass is 16.2. The Kier molecular flexibility index (Phi) is 6.49. The molecule has 0 unspecified atom stereocenters. The Labute approximate surface area is 117 Å². The van der Waals surface area contributed by atoms with Crippen molar-refractivity contribution in [1.82, 2.24) is 9.80 Å². The maximum absolute atomic E-state index is 12.0. The van der Waals surface area contributed by atoms with Crippen molar-refractivity contribution >= 4 is 11.7 Å². The maximum atomic E-state index is 12.0. The SMILES string of the molecule is CC(C)CN1CCN(C(=O)CCC(=O)C(C)C)CC1. The number of carbonyl (C=O) groups is 2. The molecule has 0 radical (unpaired) electrons. The Hall–Kier alpha value is -0.900. The lowest BCUT2D eigenvalue weighted by molar-refractivity contribution is -0.135. The first kappa shape index (κ1) is 16.2. The Balaban J connectivity index is 2.27. The second-order valence-electron chi connectivity index (χ2n) is 6.20. The zero-order valence-electron chi connectivity index (χ0n) is 12.8. The molecule has 0 aliphatic carbocycles. The molecule has 0 spiro atoms. The molecule has 110 valence electrons. The molecule has 1 saturated heterocycles. The molecule has 4 heteroatoms. The summed E-state index contributed by atoms with van der Waals surface area (Å²) >= 11 is 0. The minimum Gasteiger partial charge on any atom is -0.340 e. The van der Waals surface area contributed by atoms with Crippen LogP contribution in [0.5, 0.6) is 0 Å². The second kappa shape index (κ2) is 7.63. The summed E-state index contributed by atoms with van der Waals surface area (Å²) in [5, 5.41) is 0. The quantitative estimate of drug-likeness (QED) is 0.737. The van der Waals surface area contributed by atoms with Gasteiger partial charge in [-0.05, 0) is 5.92 Å². The Morgan fingerprint density at radius 1 is 0.947 bits per heavy atom. The number of hydrogen-bond donors (Lipinski definition) is 0. The smallest absolute Gasteiger partial charge is 0.223 e. The van der Waals surface area contributed by atoms with E-state index in [1.54, 1.807) is 0 Å². The van der Waals surface area contributed by atoms with Crippen LogP contribution in [0.15, 0.2) is 0 Å². The maximum Gasteiger partial charge on any atom is 0.223 e. The fourth-order valence-corrected chi connectivity index (χ4v) is 2.37. The number of amides is 1. The van der Waals surface area contributed by atoms with E-state index < -0.39 is 0 Å². The molecule has 0 aromatic heterocycles. The molecule has 1 amide bonds. The number of ketones is 1. The van der Waals surface area contributed by atoms with E-state index in [-0.39, 0.29) is 17.6 Å². The van der Waals surface area contributed by atoms with Crippen molar-refractivity contribution in [1.29, 1.82) is 0 Å². The predicted molar refractivity (Wildman–Crippen MR) is 76.9 cm³/mol. The van der Waals surface area contributed by atoms with Crippen LogP contribution in [0, 0.1) is 11.8 Å². The summed E-state index contributed by atoms with van der Waals surface area (Å²) in [6.45, 7) is 12.8. The van der Waals surface area contributed by atoms with E-state index in [9.17, 15) is 9.59 Å². The van der Waals surface area contributed by atoms with Gasteiger partial charge in [0.15, 0.2) is 0 Å². The standard InChI is InChI=1S/C15H28N2O2/c1-12(2)11-16-7-9-17(10-8-16)15(19)6-5-14(18)13(3)4/h12-13H,5-11H2,1-4H3. The van der Waals surface area contributed by atoms with Crippen LogP contribution >= 0.6 is 0 Å². The van der Waals surface area contributed by atoms with Gasteiger partial charge in [-0.2, -0.15) is 0 Å². The second-order valence-corrected chi connectivity index (χ2v) is 6.20. The van der Waals surface area contributed by atoms with Crippen molar-refractivity contribution in [3.8, 4) is 0 Å². The fraction of sp³-hybridized carbons (Fsp3) is 0.867. The van der Waals surface area contributed by atoms with Crippen LogP contribution < -0.4 is 0 Å². The molecular formula is C15H28N2O2. The highest BCUT2D eigenvalue weighted by Gasteiger charge is 2.21. The van der Waals surface area contributed by atoms with E-state index in [1.807, 2.05) is 18.7 Å². The van der Waals surface area contributed by atoms with Crippen molar-refractivity contribution < 1.29 is 9.59 Å². The van der Waals surface area contributed by atoms with Crippen LogP contribution in [0.2, 0.25) is 0 Å². The molecule has 1 rings (SSSR count). The lowest BCUT2D eigenvalue weighted by Gasteiger charge is -2.35. The number of rotatable bonds is 6. The normalized spacial score (nSPS) is 17.3. The summed E-state index contributed by atoms with van der Waals surface area (Å²) in [4.78, 5) is 27.9. The highest BCUT2D eigenvalue weighted by molar-refractivity contribution is 5.86. The number of carbonyl (C=O) groups excluding carboxylic acids is 2.